The van der Waals surface area contributed by atoms with Gasteiger partial charge in [0, 0.05) is 24.6 Å². The van der Waals surface area contributed by atoms with E-state index >= 15 is 0 Å². The summed E-state index contributed by atoms with van der Waals surface area (Å²) in [6, 6.07) is 5.56. The lowest BCUT2D eigenvalue weighted by molar-refractivity contribution is -0.146. The summed E-state index contributed by atoms with van der Waals surface area (Å²) in [4.78, 5) is 33.8. The van der Waals surface area contributed by atoms with Crippen LogP contribution in [0.4, 0.5) is 5.69 Å². The predicted molar refractivity (Wildman–Crippen MR) is 90.4 cm³/mol. The minimum absolute atomic E-state index is 0.00891. The van der Waals surface area contributed by atoms with Crippen LogP contribution in [0, 0.1) is 5.92 Å². The van der Waals surface area contributed by atoms with Crippen molar-refractivity contribution in [3.05, 3.63) is 23.8 Å². The summed E-state index contributed by atoms with van der Waals surface area (Å²) >= 11 is 0. The first-order chi connectivity index (χ1) is 12.0. The Morgan fingerprint density at radius 3 is 2.84 bits per heavy atom. The fourth-order valence-electron chi connectivity index (χ4n) is 3.11. The molecule has 0 saturated heterocycles. The molecular formula is C18H22N2O5. The molecule has 3 rings (SSSR count). The van der Waals surface area contributed by atoms with Crippen molar-refractivity contribution in [2.45, 2.75) is 44.6 Å². The van der Waals surface area contributed by atoms with Crippen LogP contribution >= 0.6 is 0 Å². The summed E-state index contributed by atoms with van der Waals surface area (Å²) < 4.78 is 5.67. The summed E-state index contributed by atoms with van der Waals surface area (Å²) in [6.45, 7) is 0.432. The molecule has 0 spiro atoms. The van der Waals surface area contributed by atoms with E-state index in [4.69, 9.17) is 9.84 Å². The quantitative estimate of drug-likeness (QED) is 0.652. The molecule has 0 bridgehead atoms. The van der Waals surface area contributed by atoms with Crippen LogP contribution in [0.3, 0.4) is 0 Å². The van der Waals surface area contributed by atoms with Gasteiger partial charge < -0.3 is 20.5 Å². The first-order valence-corrected chi connectivity index (χ1v) is 8.59. The third-order valence-corrected chi connectivity index (χ3v) is 4.64. The molecule has 7 heteroatoms. The monoisotopic (exact) mass is 346 g/mol. The van der Waals surface area contributed by atoms with Crippen LogP contribution < -0.4 is 15.4 Å². The van der Waals surface area contributed by atoms with E-state index in [9.17, 15) is 14.4 Å². The standard InChI is InChI=1S/C18H22N2O5/c21-16(19-13-8-12(9-13)18(23)24)2-1-7-25-14-4-5-15-11(10-14)3-6-17(22)20-15/h4-5,10,12-13H,1-3,6-9H2,(H,19,21)(H,20,22)(H,23,24). The number of benzene rings is 1. The summed E-state index contributed by atoms with van der Waals surface area (Å²) in [5.74, 6) is -0.400. The number of ether oxygens (including phenoxy) is 1. The maximum Gasteiger partial charge on any atom is 0.306 e. The molecule has 1 heterocycles. The molecular weight excluding hydrogens is 324 g/mol. The van der Waals surface area contributed by atoms with Crippen molar-refractivity contribution < 1.29 is 24.2 Å². The van der Waals surface area contributed by atoms with Crippen LogP contribution in [0.5, 0.6) is 5.75 Å². The van der Waals surface area contributed by atoms with E-state index < -0.39 is 5.97 Å². The van der Waals surface area contributed by atoms with Crippen molar-refractivity contribution in [3.8, 4) is 5.75 Å². The normalized spacial score (nSPS) is 21.5. The molecule has 7 nitrogen and oxygen atoms in total. The molecule has 3 N–H and O–H groups in total. The number of hydrogen-bond donors (Lipinski definition) is 3. The van der Waals surface area contributed by atoms with E-state index in [1.54, 1.807) is 0 Å². The summed E-state index contributed by atoms with van der Waals surface area (Å²) in [5.41, 5.74) is 1.90. The number of aliphatic carboxylic acids is 1. The molecule has 1 aliphatic carbocycles. The Balaban J connectivity index is 1.34. The van der Waals surface area contributed by atoms with Crippen molar-refractivity contribution in [2.24, 2.45) is 5.92 Å². The number of fused-ring (bicyclic) bond motifs is 1. The second kappa shape index (κ2) is 7.55. The highest BCUT2D eigenvalue weighted by molar-refractivity contribution is 5.94. The van der Waals surface area contributed by atoms with Gasteiger partial charge in [-0.2, -0.15) is 0 Å². The molecule has 25 heavy (non-hydrogen) atoms. The molecule has 1 aromatic carbocycles. The van der Waals surface area contributed by atoms with E-state index in [2.05, 4.69) is 10.6 Å². The summed E-state index contributed by atoms with van der Waals surface area (Å²) in [7, 11) is 0. The van der Waals surface area contributed by atoms with Gasteiger partial charge in [-0.05, 0) is 49.4 Å². The zero-order chi connectivity index (χ0) is 17.8. The zero-order valence-electron chi connectivity index (χ0n) is 13.9. The first-order valence-electron chi connectivity index (χ1n) is 8.59. The topological polar surface area (TPSA) is 105 Å². The van der Waals surface area contributed by atoms with Crippen molar-refractivity contribution >= 4 is 23.5 Å². The number of anilines is 1. The van der Waals surface area contributed by atoms with Crippen molar-refractivity contribution in [1.82, 2.24) is 5.32 Å². The predicted octanol–water partition coefficient (Wildman–Crippen LogP) is 1.71. The SMILES string of the molecule is O=C1CCc2cc(OCCCC(=O)NC3CC(C(=O)O)C3)ccc2N1. The van der Waals surface area contributed by atoms with Gasteiger partial charge in [-0.15, -0.1) is 0 Å². The van der Waals surface area contributed by atoms with Crippen molar-refractivity contribution in [3.63, 3.8) is 0 Å². The molecule has 134 valence electrons. The Labute approximate surface area is 145 Å². The van der Waals surface area contributed by atoms with Crippen LogP contribution in [-0.4, -0.2) is 35.5 Å². The summed E-state index contributed by atoms with van der Waals surface area (Å²) in [6.07, 6.45) is 3.18. The van der Waals surface area contributed by atoms with Gasteiger partial charge in [0.2, 0.25) is 11.8 Å². The van der Waals surface area contributed by atoms with Gasteiger partial charge >= 0.3 is 5.97 Å². The van der Waals surface area contributed by atoms with E-state index in [1.807, 2.05) is 18.2 Å². The minimum atomic E-state index is -0.788. The van der Waals surface area contributed by atoms with E-state index in [0.29, 0.717) is 45.1 Å². The number of aryl methyl sites for hydroxylation is 1. The largest absolute Gasteiger partial charge is 0.494 e. The third-order valence-electron chi connectivity index (χ3n) is 4.64. The first kappa shape index (κ1) is 17.3. The molecule has 0 atom stereocenters. The average molecular weight is 346 g/mol. The zero-order valence-corrected chi connectivity index (χ0v) is 13.9. The number of rotatable bonds is 7. The van der Waals surface area contributed by atoms with E-state index in [1.165, 1.54) is 0 Å². The van der Waals surface area contributed by atoms with Crippen LogP contribution in [0.15, 0.2) is 18.2 Å². The maximum atomic E-state index is 11.8. The maximum absolute atomic E-state index is 11.8. The Bertz CT molecular complexity index is 682. The molecule has 0 radical (unpaired) electrons. The lowest BCUT2D eigenvalue weighted by Gasteiger charge is -2.32. The van der Waals surface area contributed by atoms with Gasteiger partial charge in [0.05, 0.1) is 12.5 Å². The van der Waals surface area contributed by atoms with Crippen molar-refractivity contribution in [2.75, 3.05) is 11.9 Å². The van der Waals surface area contributed by atoms with E-state index in [0.717, 1.165) is 17.0 Å². The highest BCUT2D eigenvalue weighted by atomic mass is 16.5. The molecule has 0 aromatic heterocycles. The summed E-state index contributed by atoms with van der Waals surface area (Å²) in [5, 5.41) is 14.5. The molecule has 1 fully saturated rings. The molecule has 2 aliphatic rings. The Hall–Kier alpha value is -2.57. The second-order valence-corrected chi connectivity index (χ2v) is 6.59. The van der Waals surface area contributed by atoms with Gasteiger partial charge in [0.15, 0.2) is 0 Å². The number of nitrogens with one attached hydrogen (secondary N) is 2. The van der Waals surface area contributed by atoms with Gasteiger partial charge in [0.25, 0.3) is 0 Å². The Morgan fingerprint density at radius 1 is 1.28 bits per heavy atom. The fraction of sp³-hybridized carbons (Fsp3) is 0.500. The smallest absolute Gasteiger partial charge is 0.306 e. The number of amides is 2. The third kappa shape index (κ3) is 4.49. The lowest BCUT2D eigenvalue weighted by atomic mass is 9.80. The number of carbonyl (C=O) groups is 3. The Kier molecular flexibility index (Phi) is 5.21. The lowest BCUT2D eigenvalue weighted by Crippen LogP contribution is -2.46. The van der Waals surface area contributed by atoms with Crippen LogP contribution in [-0.2, 0) is 20.8 Å². The van der Waals surface area contributed by atoms with Gasteiger partial charge in [-0.1, -0.05) is 0 Å². The molecule has 0 unspecified atom stereocenters. The van der Waals surface area contributed by atoms with Crippen molar-refractivity contribution in [1.29, 1.82) is 0 Å². The second-order valence-electron chi connectivity index (χ2n) is 6.59. The number of carboxylic acids is 1. The fourth-order valence-corrected chi connectivity index (χ4v) is 3.11. The molecule has 2 amide bonds. The Morgan fingerprint density at radius 2 is 2.08 bits per heavy atom. The minimum Gasteiger partial charge on any atom is -0.494 e. The highest BCUT2D eigenvalue weighted by Crippen LogP contribution is 2.28. The van der Waals surface area contributed by atoms with Crippen LogP contribution in [0.1, 0.15) is 37.7 Å². The van der Waals surface area contributed by atoms with Gasteiger partial charge in [-0.3, -0.25) is 14.4 Å². The van der Waals surface area contributed by atoms with E-state index in [-0.39, 0.29) is 23.8 Å². The van der Waals surface area contributed by atoms with Gasteiger partial charge in [-0.25, -0.2) is 0 Å². The average Bonchev–Trinajstić information content (AvgIpc) is 2.54. The van der Waals surface area contributed by atoms with Crippen LogP contribution in [0.2, 0.25) is 0 Å². The number of carbonyl (C=O) groups excluding carboxylic acids is 2. The molecule has 1 aliphatic heterocycles. The number of hydrogen-bond acceptors (Lipinski definition) is 4. The highest BCUT2D eigenvalue weighted by Gasteiger charge is 2.35. The van der Waals surface area contributed by atoms with Crippen LogP contribution in [0.25, 0.3) is 0 Å². The number of carboxylic acid groups (broad SMARTS) is 1. The van der Waals surface area contributed by atoms with Gasteiger partial charge in [0.1, 0.15) is 5.75 Å². The molecule has 1 aromatic rings. The molecule has 1 saturated carbocycles.